The molecule has 1 amide bonds. The number of carbonyl (C=O) groups excluding carboxylic acids is 1. The van der Waals surface area contributed by atoms with E-state index in [-0.39, 0.29) is 11.7 Å². The van der Waals surface area contributed by atoms with E-state index < -0.39 is 0 Å². The van der Waals surface area contributed by atoms with Crippen molar-refractivity contribution in [3.8, 4) is 0 Å². The van der Waals surface area contributed by atoms with Gasteiger partial charge in [-0.05, 0) is 53.8 Å². The molecule has 3 aromatic carbocycles. The monoisotopic (exact) mass is 400 g/mol. The number of hydrogen-bond donors (Lipinski definition) is 1. The molecule has 0 radical (unpaired) electrons. The second-order valence-electron chi connectivity index (χ2n) is 7.63. The Bertz CT molecular complexity index is 1160. The number of nitrogens with zero attached hydrogens (tertiary/aromatic N) is 1. The number of halogens is 1. The zero-order chi connectivity index (χ0) is 20.9. The first-order chi connectivity index (χ1) is 14.6. The fourth-order valence-electron chi connectivity index (χ4n) is 3.76. The van der Waals surface area contributed by atoms with Crippen molar-refractivity contribution in [3.63, 3.8) is 0 Å². The first-order valence-corrected chi connectivity index (χ1v) is 10.2. The summed E-state index contributed by atoms with van der Waals surface area (Å²) >= 11 is 0. The van der Waals surface area contributed by atoms with E-state index >= 15 is 0 Å². The quantitative estimate of drug-likeness (QED) is 0.444. The smallest absolute Gasteiger partial charge is 0.220 e. The van der Waals surface area contributed by atoms with Crippen molar-refractivity contribution in [1.82, 2.24) is 9.88 Å². The number of benzene rings is 3. The Morgan fingerprint density at radius 3 is 2.47 bits per heavy atom. The van der Waals surface area contributed by atoms with Gasteiger partial charge >= 0.3 is 0 Å². The van der Waals surface area contributed by atoms with E-state index in [9.17, 15) is 9.18 Å². The Morgan fingerprint density at radius 2 is 1.67 bits per heavy atom. The molecule has 1 heterocycles. The summed E-state index contributed by atoms with van der Waals surface area (Å²) in [5, 5.41) is 4.11. The largest absolute Gasteiger partial charge is 0.352 e. The third-order valence-corrected chi connectivity index (χ3v) is 5.50. The highest BCUT2D eigenvalue weighted by Crippen LogP contribution is 2.24. The molecular formula is C26H25FN2O. The van der Waals surface area contributed by atoms with Crippen LogP contribution in [0, 0.1) is 12.7 Å². The maximum absolute atomic E-state index is 13.0. The van der Waals surface area contributed by atoms with E-state index in [0.29, 0.717) is 19.4 Å². The van der Waals surface area contributed by atoms with Crippen LogP contribution in [0.15, 0.2) is 79.0 Å². The number of carbonyl (C=O) groups is 1. The second-order valence-corrected chi connectivity index (χ2v) is 7.63. The number of amides is 1. The van der Waals surface area contributed by atoms with Crippen molar-refractivity contribution in [2.75, 3.05) is 0 Å². The van der Waals surface area contributed by atoms with Gasteiger partial charge in [0.05, 0.1) is 0 Å². The van der Waals surface area contributed by atoms with Crippen molar-refractivity contribution in [1.29, 1.82) is 0 Å². The number of fused-ring (bicyclic) bond motifs is 1. The summed E-state index contributed by atoms with van der Waals surface area (Å²) in [6, 6.07) is 23.0. The fraction of sp³-hybridized carbons (Fsp3) is 0.192. The van der Waals surface area contributed by atoms with Crippen molar-refractivity contribution < 1.29 is 9.18 Å². The van der Waals surface area contributed by atoms with Crippen LogP contribution in [0.5, 0.6) is 0 Å². The molecule has 0 atom stereocenters. The Kier molecular flexibility index (Phi) is 5.94. The van der Waals surface area contributed by atoms with Crippen LogP contribution in [-0.2, 0) is 24.3 Å². The van der Waals surface area contributed by atoms with Crippen LogP contribution in [0.3, 0.4) is 0 Å². The summed E-state index contributed by atoms with van der Waals surface area (Å²) in [4.78, 5) is 12.3. The van der Waals surface area contributed by atoms with Crippen LogP contribution in [0.1, 0.15) is 28.7 Å². The highest BCUT2D eigenvalue weighted by atomic mass is 19.1. The minimum atomic E-state index is -0.271. The molecule has 0 unspecified atom stereocenters. The molecular weight excluding hydrogens is 375 g/mol. The van der Waals surface area contributed by atoms with Crippen LogP contribution in [-0.4, -0.2) is 10.5 Å². The lowest BCUT2D eigenvalue weighted by Gasteiger charge is -2.08. The van der Waals surface area contributed by atoms with E-state index in [1.165, 1.54) is 39.7 Å². The minimum Gasteiger partial charge on any atom is -0.352 e. The maximum Gasteiger partial charge on any atom is 0.220 e. The molecule has 1 aromatic heterocycles. The molecule has 0 aliphatic rings. The lowest BCUT2D eigenvalue weighted by atomic mass is 10.1. The van der Waals surface area contributed by atoms with Crippen LogP contribution >= 0.6 is 0 Å². The van der Waals surface area contributed by atoms with Gasteiger partial charge in [0.15, 0.2) is 0 Å². The normalized spacial score (nSPS) is 11.0. The van der Waals surface area contributed by atoms with Crippen molar-refractivity contribution in [2.24, 2.45) is 0 Å². The average molecular weight is 400 g/mol. The summed E-state index contributed by atoms with van der Waals surface area (Å²) in [5.74, 6) is -0.276. The fourth-order valence-corrected chi connectivity index (χ4v) is 3.76. The number of rotatable bonds is 7. The van der Waals surface area contributed by atoms with Crippen molar-refractivity contribution >= 4 is 16.8 Å². The topological polar surface area (TPSA) is 34.0 Å². The molecule has 0 saturated heterocycles. The number of aromatic nitrogens is 1. The lowest BCUT2D eigenvalue weighted by Crippen LogP contribution is -2.22. The van der Waals surface area contributed by atoms with Crippen LogP contribution in [0.4, 0.5) is 4.39 Å². The number of nitrogens with one attached hydrogen (secondary N) is 1. The summed E-state index contributed by atoms with van der Waals surface area (Å²) in [6.45, 7) is 3.35. The van der Waals surface area contributed by atoms with Crippen molar-refractivity contribution in [2.45, 2.75) is 32.9 Å². The highest BCUT2D eigenvalue weighted by Gasteiger charge is 2.11. The Labute approximate surface area is 176 Å². The van der Waals surface area contributed by atoms with Gasteiger partial charge in [-0.15, -0.1) is 0 Å². The average Bonchev–Trinajstić information content (AvgIpc) is 3.11. The second kappa shape index (κ2) is 8.95. The van der Waals surface area contributed by atoms with Gasteiger partial charge in [-0.3, -0.25) is 4.79 Å². The first-order valence-electron chi connectivity index (χ1n) is 10.2. The summed E-state index contributed by atoms with van der Waals surface area (Å²) < 4.78 is 15.3. The van der Waals surface area contributed by atoms with Crippen LogP contribution < -0.4 is 5.32 Å². The summed E-state index contributed by atoms with van der Waals surface area (Å²) in [6.07, 6.45) is 3.26. The van der Waals surface area contributed by atoms with E-state index in [0.717, 1.165) is 12.1 Å². The Balaban J connectivity index is 1.44. The SMILES string of the molecule is Cc1ccccc1Cn1cc(CCC(=O)NCc2ccc(F)cc2)c2ccccc21. The summed E-state index contributed by atoms with van der Waals surface area (Å²) in [7, 11) is 0. The van der Waals surface area contributed by atoms with Gasteiger partial charge in [-0.1, -0.05) is 54.6 Å². The highest BCUT2D eigenvalue weighted by molar-refractivity contribution is 5.85. The van der Waals surface area contributed by atoms with E-state index in [1.807, 2.05) is 6.07 Å². The molecule has 1 N–H and O–H groups in total. The number of aryl methyl sites for hydroxylation is 2. The van der Waals surface area contributed by atoms with Crippen LogP contribution in [0.25, 0.3) is 10.9 Å². The zero-order valence-corrected chi connectivity index (χ0v) is 17.1. The molecule has 4 aromatic rings. The van der Waals surface area contributed by atoms with Crippen LogP contribution in [0.2, 0.25) is 0 Å². The molecule has 0 aliphatic heterocycles. The van der Waals surface area contributed by atoms with Gasteiger partial charge in [0.2, 0.25) is 5.91 Å². The predicted molar refractivity (Wildman–Crippen MR) is 119 cm³/mol. The standard InChI is InChI=1S/C26H25FN2O/c1-19-6-2-3-7-21(19)17-29-18-22(24-8-4-5-9-25(24)29)12-15-26(30)28-16-20-10-13-23(27)14-11-20/h2-11,13-14,18H,12,15-17H2,1H3,(H,28,30). The number of hydrogen-bond acceptors (Lipinski definition) is 1. The molecule has 0 bridgehead atoms. The molecule has 152 valence electrons. The first kappa shape index (κ1) is 19.9. The molecule has 0 aliphatic carbocycles. The van der Waals surface area contributed by atoms with Crippen molar-refractivity contribution in [3.05, 3.63) is 107 Å². The molecule has 0 spiro atoms. The van der Waals surface area contributed by atoms with E-state index in [4.69, 9.17) is 0 Å². The third kappa shape index (κ3) is 4.60. The molecule has 0 fully saturated rings. The molecule has 0 saturated carbocycles. The van der Waals surface area contributed by atoms with Gasteiger partial charge in [-0.2, -0.15) is 0 Å². The Hall–Kier alpha value is -3.40. The predicted octanol–water partition coefficient (Wildman–Crippen LogP) is 5.39. The Morgan fingerprint density at radius 1 is 0.933 bits per heavy atom. The van der Waals surface area contributed by atoms with Gasteiger partial charge in [0.1, 0.15) is 5.82 Å². The van der Waals surface area contributed by atoms with Gasteiger partial charge in [0, 0.05) is 36.6 Å². The van der Waals surface area contributed by atoms with Gasteiger partial charge < -0.3 is 9.88 Å². The number of para-hydroxylation sites is 1. The third-order valence-electron chi connectivity index (χ3n) is 5.50. The lowest BCUT2D eigenvalue weighted by molar-refractivity contribution is -0.121. The maximum atomic E-state index is 13.0. The minimum absolute atomic E-state index is 0.00457. The molecule has 4 heteroatoms. The van der Waals surface area contributed by atoms with E-state index in [2.05, 4.69) is 65.5 Å². The zero-order valence-electron chi connectivity index (χ0n) is 17.1. The molecule has 30 heavy (non-hydrogen) atoms. The molecule has 3 nitrogen and oxygen atoms in total. The molecule has 4 rings (SSSR count). The van der Waals surface area contributed by atoms with Gasteiger partial charge in [0.25, 0.3) is 0 Å². The van der Waals surface area contributed by atoms with E-state index in [1.54, 1.807) is 12.1 Å². The summed E-state index contributed by atoms with van der Waals surface area (Å²) in [5.41, 5.74) is 5.82. The van der Waals surface area contributed by atoms with Gasteiger partial charge in [-0.25, -0.2) is 4.39 Å².